The number of amides is 1. The Hall–Kier alpha value is -3.03. The number of hydrogen-bond acceptors (Lipinski definition) is 4. The van der Waals surface area contributed by atoms with Gasteiger partial charge in [-0.05, 0) is 35.9 Å². The van der Waals surface area contributed by atoms with Gasteiger partial charge in [0.2, 0.25) is 0 Å². The van der Waals surface area contributed by atoms with Crippen LogP contribution in [0.2, 0.25) is 0 Å². The van der Waals surface area contributed by atoms with Crippen molar-refractivity contribution in [3.63, 3.8) is 0 Å². The van der Waals surface area contributed by atoms with Gasteiger partial charge < -0.3 is 14.8 Å². The molecule has 0 saturated heterocycles. The van der Waals surface area contributed by atoms with E-state index in [-0.39, 0.29) is 17.7 Å². The van der Waals surface area contributed by atoms with Crippen LogP contribution in [0.25, 0.3) is 0 Å². The number of esters is 1. The molecule has 0 unspecified atom stereocenters. The first-order valence-electron chi connectivity index (χ1n) is 7.93. The summed E-state index contributed by atoms with van der Waals surface area (Å²) < 4.78 is 48.8. The molecular weight excluding hydrogens is 363 g/mol. The summed E-state index contributed by atoms with van der Waals surface area (Å²) in [4.78, 5) is 24.3. The number of nitrogens with one attached hydrogen (secondary N) is 1. The molecule has 0 aliphatic carbocycles. The molecule has 0 spiro atoms. The highest BCUT2D eigenvalue weighted by molar-refractivity contribution is 5.96. The van der Waals surface area contributed by atoms with Crippen LogP contribution in [0, 0.1) is 0 Å². The number of alkyl halides is 3. The van der Waals surface area contributed by atoms with E-state index < -0.39 is 29.7 Å². The normalized spacial score (nSPS) is 12.2. The summed E-state index contributed by atoms with van der Waals surface area (Å²) in [5, 5.41) is 2.49. The molecule has 0 bridgehead atoms. The van der Waals surface area contributed by atoms with Gasteiger partial charge in [-0.25, -0.2) is 4.79 Å². The third-order valence-corrected chi connectivity index (χ3v) is 3.80. The molecule has 0 heterocycles. The molecule has 27 heavy (non-hydrogen) atoms. The van der Waals surface area contributed by atoms with Crippen LogP contribution in [0.15, 0.2) is 48.5 Å². The van der Waals surface area contributed by atoms with Crippen molar-refractivity contribution >= 4 is 11.9 Å². The Kier molecular flexibility index (Phi) is 6.44. The Morgan fingerprint density at radius 1 is 1.07 bits per heavy atom. The molecule has 0 aliphatic rings. The maximum atomic E-state index is 13.1. The van der Waals surface area contributed by atoms with Crippen molar-refractivity contribution in [1.82, 2.24) is 5.32 Å². The van der Waals surface area contributed by atoms with Crippen LogP contribution in [0.4, 0.5) is 13.2 Å². The van der Waals surface area contributed by atoms with E-state index >= 15 is 0 Å². The zero-order valence-corrected chi connectivity index (χ0v) is 14.7. The number of rotatable bonds is 6. The molecule has 144 valence electrons. The third-order valence-electron chi connectivity index (χ3n) is 3.80. The van der Waals surface area contributed by atoms with Crippen LogP contribution in [-0.2, 0) is 22.1 Å². The minimum Gasteiger partial charge on any atom is -0.497 e. The van der Waals surface area contributed by atoms with Crippen molar-refractivity contribution in [2.75, 3.05) is 14.2 Å². The molecule has 0 aromatic heterocycles. The van der Waals surface area contributed by atoms with E-state index in [1.165, 1.54) is 13.2 Å². The zero-order valence-electron chi connectivity index (χ0n) is 14.7. The first kappa shape index (κ1) is 20.3. The number of carbonyl (C=O) groups is 2. The molecule has 2 rings (SSSR count). The van der Waals surface area contributed by atoms with Crippen LogP contribution in [-0.4, -0.2) is 32.1 Å². The highest BCUT2D eigenvalue weighted by Gasteiger charge is 2.32. The molecule has 0 aliphatic heterocycles. The van der Waals surface area contributed by atoms with Gasteiger partial charge in [0.05, 0.1) is 19.8 Å². The Morgan fingerprint density at radius 3 is 2.30 bits per heavy atom. The summed E-state index contributed by atoms with van der Waals surface area (Å²) in [5.74, 6) is -1.31. The monoisotopic (exact) mass is 381 g/mol. The van der Waals surface area contributed by atoms with Gasteiger partial charge in [0.1, 0.15) is 11.8 Å². The van der Waals surface area contributed by atoms with Crippen LogP contribution >= 0.6 is 0 Å². The minimum atomic E-state index is -4.57. The molecule has 2 aromatic carbocycles. The number of halogens is 3. The summed E-state index contributed by atoms with van der Waals surface area (Å²) >= 11 is 0. The van der Waals surface area contributed by atoms with Gasteiger partial charge in [-0.1, -0.05) is 18.2 Å². The Labute approximate surface area is 154 Å². The lowest BCUT2D eigenvalue weighted by molar-refractivity contribution is -0.142. The first-order valence-corrected chi connectivity index (χ1v) is 7.93. The lowest BCUT2D eigenvalue weighted by Crippen LogP contribution is -2.43. The van der Waals surface area contributed by atoms with Crippen molar-refractivity contribution in [3.8, 4) is 5.75 Å². The van der Waals surface area contributed by atoms with E-state index in [1.54, 1.807) is 30.3 Å². The molecule has 5 nitrogen and oxygen atoms in total. The van der Waals surface area contributed by atoms with Gasteiger partial charge in [-0.2, -0.15) is 13.2 Å². The first-order chi connectivity index (χ1) is 12.7. The molecule has 1 N–H and O–H groups in total. The smallest absolute Gasteiger partial charge is 0.416 e. The van der Waals surface area contributed by atoms with Crippen LogP contribution in [0.5, 0.6) is 5.75 Å². The second-order valence-electron chi connectivity index (χ2n) is 5.69. The fourth-order valence-corrected chi connectivity index (χ4v) is 2.46. The van der Waals surface area contributed by atoms with Gasteiger partial charge in [-0.15, -0.1) is 0 Å². The Balaban J connectivity index is 2.28. The summed E-state index contributed by atoms with van der Waals surface area (Å²) in [6.07, 6.45) is -4.76. The maximum absolute atomic E-state index is 13.1. The second-order valence-corrected chi connectivity index (χ2v) is 5.69. The average molecular weight is 381 g/mol. The lowest BCUT2D eigenvalue weighted by atomic mass is 10.0. The van der Waals surface area contributed by atoms with Gasteiger partial charge in [-0.3, -0.25) is 4.79 Å². The van der Waals surface area contributed by atoms with Crippen LogP contribution in [0.1, 0.15) is 21.5 Å². The summed E-state index contributed by atoms with van der Waals surface area (Å²) in [6, 6.07) is 10.1. The molecule has 8 heteroatoms. The lowest BCUT2D eigenvalue weighted by Gasteiger charge is -2.18. The average Bonchev–Trinajstić information content (AvgIpc) is 2.66. The number of carbonyl (C=O) groups excluding carboxylic acids is 2. The molecular formula is C19H18F3NO4. The summed E-state index contributed by atoms with van der Waals surface area (Å²) in [7, 11) is 2.38. The highest BCUT2D eigenvalue weighted by atomic mass is 19.4. The van der Waals surface area contributed by atoms with E-state index in [0.29, 0.717) is 5.56 Å². The predicted octanol–water partition coefficient (Wildman–Crippen LogP) is 3.23. The zero-order chi connectivity index (χ0) is 20.0. The molecule has 2 aromatic rings. The van der Waals surface area contributed by atoms with Crippen molar-refractivity contribution in [3.05, 3.63) is 65.2 Å². The largest absolute Gasteiger partial charge is 0.497 e. The molecule has 1 atom stereocenters. The van der Waals surface area contributed by atoms with Gasteiger partial charge in [0.25, 0.3) is 5.91 Å². The fourth-order valence-electron chi connectivity index (χ4n) is 2.46. The summed E-state index contributed by atoms with van der Waals surface area (Å²) in [5.41, 5.74) is -0.423. The number of hydrogen-bond donors (Lipinski definition) is 1. The van der Waals surface area contributed by atoms with Gasteiger partial charge in [0.15, 0.2) is 0 Å². The SMILES string of the molecule is COC(=O)[C@H](Cc1cc(OC)cc(C(F)(F)F)c1)NC(=O)c1ccccc1. The van der Waals surface area contributed by atoms with Crippen LogP contribution in [0.3, 0.4) is 0 Å². The molecule has 0 saturated carbocycles. The van der Waals surface area contributed by atoms with Gasteiger partial charge in [0, 0.05) is 12.0 Å². The van der Waals surface area contributed by atoms with Crippen molar-refractivity contribution in [2.24, 2.45) is 0 Å². The van der Waals surface area contributed by atoms with Crippen molar-refractivity contribution in [1.29, 1.82) is 0 Å². The number of methoxy groups -OCH3 is 2. The third kappa shape index (κ3) is 5.47. The maximum Gasteiger partial charge on any atom is 0.416 e. The summed E-state index contributed by atoms with van der Waals surface area (Å²) in [6.45, 7) is 0. The van der Waals surface area contributed by atoms with E-state index in [9.17, 15) is 22.8 Å². The fraction of sp³-hybridized carbons (Fsp3) is 0.263. The molecule has 0 radical (unpaired) electrons. The van der Waals surface area contributed by atoms with Crippen molar-refractivity contribution in [2.45, 2.75) is 18.6 Å². The van der Waals surface area contributed by atoms with E-state index in [0.717, 1.165) is 19.2 Å². The van der Waals surface area contributed by atoms with E-state index in [4.69, 9.17) is 4.74 Å². The minimum absolute atomic E-state index is 0.00201. The van der Waals surface area contributed by atoms with Crippen LogP contribution < -0.4 is 10.1 Å². The standard InChI is InChI=1S/C19H18F3NO4/c1-26-15-9-12(8-14(11-15)19(20,21)22)10-16(18(25)27-2)23-17(24)13-6-4-3-5-7-13/h3-9,11,16H,10H2,1-2H3,(H,23,24)/t16-/m0/s1. The second kappa shape index (κ2) is 8.57. The number of benzene rings is 2. The highest BCUT2D eigenvalue weighted by Crippen LogP contribution is 2.33. The van der Waals surface area contributed by atoms with E-state index in [2.05, 4.69) is 10.1 Å². The molecule has 0 fully saturated rings. The van der Waals surface area contributed by atoms with Crippen molar-refractivity contribution < 1.29 is 32.2 Å². The predicted molar refractivity (Wildman–Crippen MR) is 91.4 cm³/mol. The Bertz CT molecular complexity index is 806. The quantitative estimate of drug-likeness (QED) is 0.781. The number of ether oxygens (including phenoxy) is 2. The molecule has 1 amide bonds. The van der Waals surface area contributed by atoms with Gasteiger partial charge >= 0.3 is 12.1 Å². The van der Waals surface area contributed by atoms with E-state index in [1.807, 2.05) is 0 Å². The Morgan fingerprint density at radius 2 is 1.74 bits per heavy atom. The topological polar surface area (TPSA) is 64.6 Å².